The van der Waals surface area contributed by atoms with E-state index in [1.807, 2.05) is 0 Å². The first-order valence-electron chi connectivity index (χ1n) is 39.3. The number of nitrogens with two attached hydrogens (primary N) is 7. The van der Waals surface area contributed by atoms with Gasteiger partial charge < -0.3 is 134 Å². The van der Waals surface area contributed by atoms with Crippen molar-refractivity contribution in [3.8, 4) is 0 Å². The molecule has 2 aromatic heterocycles. The van der Waals surface area contributed by atoms with Gasteiger partial charge in [-0.15, -0.1) is 0 Å². The third-order valence-corrected chi connectivity index (χ3v) is 21.2. The molecule has 0 saturated carbocycles. The molecule has 3 aliphatic rings. The van der Waals surface area contributed by atoms with E-state index < -0.39 is 222 Å². The molecule has 39 heteroatoms. The highest BCUT2D eigenvalue weighted by Crippen LogP contribution is 2.28. The maximum Gasteiger partial charge on any atom is 0.247 e. The van der Waals surface area contributed by atoms with Crippen LogP contribution in [0.3, 0.4) is 0 Å². The molecule has 4 aromatic rings. The van der Waals surface area contributed by atoms with E-state index >= 15 is 4.79 Å². The minimum Gasteiger partial charge on any atom is -0.391 e. The van der Waals surface area contributed by atoms with Crippen molar-refractivity contribution in [2.24, 2.45) is 46.1 Å². The zero-order chi connectivity index (χ0) is 85.1. The van der Waals surface area contributed by atoms with Gasteiger partial charge in [0.25, 0.3) is 0 Å². The minimum absolute atomic E-state index is 0.00619. The van der Waals surface area contributed by atoms with Crippen LogP contribution in [-0.4, -0.2) is 265 Å². The van der Waals surface area contributed by atoms with Gasteiger partial charge in [0, 0.05) is 96.4 Å². The molecule has 7 rings (SSSR count). The molecular formula is C76H119N23O16. The van der Waals surface area contributed by atoms with Crippen molar-refractivity contribution in [3.05, 3.63) is 72.1 Å². The fraction of sp³-hybridized carbons (Fsp3) is 0.605. The number of nitrogens with zero attached hydrogens (tertiary/aromatic N) is 2. The quantitative estimate of drug-likeness (QED) is 0.0412. The van der Waals surface area contributed by atoms with Gasteiger partial charge in [-0.25, -0.2) is 0 Å². The smallest absolute Gasteiger partial charge is 0.247 e. The first kappa shape index (κ1) is 91.9. The lowest BCUT2D eigenvalue weighted by molar-refractivity contribution is -0.148. The molecule has 5 heterocycles. The van der Waals surface area contributed by atoms with Crippen LogP contribution in [0, 0.1) is 5.92 Å². The molecule has 30 N–H and O–H groups in total. The van der Waals surface area contributed by atoms with E-state index in [9.17, 15) is 72.5 Å². The Balaban J connectivity index is 1.27. The fourth-order valence-corrected chi connectivity index (χ4v) is 14.3. The van der Waals surface area contributed by atoms with Gasteiger partial charge in [0.2, 0.25) is 82.7 Å². The Morgan fingerprint density at radius 3 is 1.09 bits per heavy atom. The predicted octanol–water partition coefficient (Wildman–Crippen LogP) is -6.73. The zero-order valence-electron chi connectivity index (χ0n) is 66.8. The van der Waals surface area contributed by atoms with Gasteiger partial charge in [-0.05, 0) is 136 Å². The summed E-state index contributed by atoms with van der Waals surface area (Å²) in [6.07, 6.45) is 0.735. The standard InChI is InChI=1S/C76H119N23O16/c1-11-34(2)54-67(106)92-55(35(3)78)68(107)86-49(24-16-17-27-77)63(102)90-57(37(5)80)70(109)93-56(36(4)79)69(108)87-51(31-44-33-85-48-23-15-13-21-46(44)48)65(104)91-58(38(6)81)71(110)94-59(39(7)82)72(111)97-62(42(10)101)74(113)95-60(40(8)83)76(115)99-29-19-26-53(99)75(114)98-28-18-25-52(98)66(105)96-61(41(9)100)73(112)88-50(64(103)89-54)30-43-32-84-47-22-14-12-20-45(43)47/h12-15,20-23,32-42,49-62,84-85,100-101H,11,16-19,24-31,77-83H2,1-10H3,(H,86,107)(H,87,108)(H,88,112)(H,89,103)(H,90,102)(H,91,104)(H,92,106)(H,93,109)(H,94,110)(H,95,113)(H,96,105)(H,97,111)/t34-,35?,36?,37?,38?,39?,40?,41+,42+,49-,50-,51-,52-,53+,54-,55-,56-,57-,58-,59-,60-,61-,62-/m0/s1. The van der Waals surface area contributed by atoms with Crippen LogP contribution in [0.25, 0.3) is 21.8 Å². The predicted molar refractivity (Wildman–Crippen MR) is 424 cm³/mol. The molecule has 39 nitrogen and oxygen atoms in total. The fourth-order valence-electron chi connectivity index (χ4n) is 14.3. The molecule has 0 aliphatic carbocycles. The summed E-state index contributed by atoms with van der Waals surface area (Å²) in [5.41, 5.74) is 46.6. The highest BCUT2D eigenvalue weighted by molar-refractivity contribution is 6.02. The number of aromatic nitrogens is 2. The van der Waals surface area contributed by atoms with E-state index in [1.54, 1.807) is 74.8 Å². The average Bonchev–Trinajstić information content (AvgIpc) is 1.70. The van der Waals surface area contributed by atoms with Crippen molar-refractivity contribution in [2.45, 2.75) is 266 Å². The second-order valence-corrected chi connectivity index (χ2v) is 30.9. The molecular weight excluding hydrogens is 1490 g/mol. The summed E-state index contributed by atoms with van der Waals surface area (Å²) in [5, 5.41) is 54.7. The van der Waals surface area contributed by atoms with Gasteiger partial charge >= 0.3 is 0 Å². The number of aliphatic hydroxyl groups excluding tert-OH is 2. The number of para-hydroxylation sites is 2. The molecule has 0 radical (unpaired) electrons. The summed E-state index contributed by atoms with van der Waals surface area (Å²) >= 11 is 0. The van der Waals surface area contributed by atoms with Crippen molar-refractivity contribution in [2.75, 3.05) is 19.6 Å². The van der Waals surface area contributed by atoms with Crippen molar-refractivity contribution < 1.29 is 77.3 Å². The summed E-state index contributed by atoms with van der Waals surface area (Å²) < 4.78 is 0. The highest BCUT2D eigenvalue weighted by atomic mass is 16.3. The van der Waals surface area contributed by atoms with Crippen molar-refractivity contribution in [1.29, 1.82) is 0 Å². The number of hydrogen-bond acceptors (Lipinski definition) is 23. The van der Waals surface area contributed by atoms with Crippen LogP contribution in [0.4, 0.5) is 0 Å². The lowest BCUT2D eigenvalue weighted by Gasteiger charge is -2.35. The van der Waals surface area contributed by atoms with Gasteiger partial charge in [0.15, 0.2) is 0 Å². The zero-order valence-corrected chi connectivity index (χ0v) is 66.8. The lowest BCUT2D eigenvalue weighted by Crippen LogP contribution is -2.67. The molecule has 23 atom stereocenters. The number of hydrogen-bond donors (Lipinski definition) is 23. The summed E-state index contributed by atoms with van der Waals surface area (Å²) in [6.45, 7) is 14.1. The van der Waals surface area contributed by atoms with Gasteiger partial charge in [-0.2, -0.15) is 0 Å². The van der Waals surface area contributed by atoms with Crippen LogP contribution in [0.5, 0.6) is 0 Å². The highest BCUT2D eigenvalue weighted by Gasteiger charge is 2.47. The van der Waals surface area contributed by atoms with Crippen LogP contribution < -0.4 is 104 Å². The number of carbonyl (C=O) groups is 14. The number of aliphatic hydroxyl groups is 2. The van der Waals surface area contributed by atoms with Crippen LogP contribution in [0.15, 0.2) is 60.9 Å². The second kappa shape index (κ2) is 41.9. The number of nitrogens with one attached hydrogen (secondary N) is 14. The second-order valence-electron chi connectivity index (χ2n) is 30.9. The summed E-state index contributed by atoms with van der Waals surface area (Å²) in [4.78, 5) is 215. The SMILES string of the molecule is CC[C@H](C)[C@@H]1NC(=O)[C@H](Cc2c[nH]c3ccccc23)NC(=O)[C@H]([C@@H](C)O)NC(=O)[C@@H]2CCCN2C(=O)[C@H]2CCCN2C(=O)[C@H](C(C)N)NC(=O)[C@H]([C@@H](C)O)NC(=O)[C@H](C(C)N)NC(=O)[C@H](C(C)N)NC(=O)[C@H](Cc2c[nH]c3ccccc23)NC(=O)[C@H](C(C)N)NC(=O)[C@H](C(C)N)NC(=O)[C@H](CCCCN)NC(=O)[C@H](C(C)N)NC1=O. The summed E-state index contributed by atoms with van der Waals surface area (Å²) in [6, 6.07) is -15.8. The number of rotatable bonds is 18. The molecule has 14 amide bonds. The molecule has 0 spiro atoms. The number of aromatic amines is 2. The Hall–Kier alpha value is -10.3. The normalized spacial score (nSPS) is 28.5. The number of carbonyl (C=O) groups excluding carboxylic acids is 14. The van der Waals surface area contributed by atoms with E-state index in [0.717, 1.165) is 6.92 Å². The van der Waals surface area contributed by atoms with Crippen molar-refractivity contribution in [3.63, 3.8) is 0 Å². The number of benzene rings is 2. The van der Waals surface area contributed by atoms with Crippen LogP contribution in [0.2, 0.25) is 0 Å². The molecule has 3 fully saturated rings. The average molecular weight is 1610 g/mol. The summed E-state index contributed by atoms with van der Waals surface area (Å²) in [7, 11) is 0. The van der Waals surface area contributed by atoms with E-state index in [-0.39, 0.29) is 77.4 Å². The van der Waals surface area contributed by atoms with E-state index in [0.29, 0.717) is 39.4 Å². The molecule has 634 valence electrons. The largest absolute Gasteiger partial charge is 0.391 e. The third-order valence-electron chi connectivity index (χ3n) is 21.2. The maximum atomic E-state index is 15.1. The maximum absolute atomic E-state index is 15.1. The number of amides is 14. The molecule has 0 bridgehead atoms. The molecule has 6 unspecified atom stereocenters. The Labute approximate surface area is 666 Å². The monoisotopic (exact) mass is 1610 g/mol. The third kappa shape index (κ3) is 23.7. The van der Waals surface area contributed by atoms with Crippen molar-refractivity contribution >= 4 is 105 Å². The van der Waals surface area contributed by atoms with Crippen LogP contribution in [-0.2, 0) is 80.0 Å². The summed E-state index contributed by atoms with van der Waals surface area (Å²) in [5.74, 6) is -14.5. The van der Waals surface area contributed by atoms with E-state index in [2.05, 4.69) is 73.8 Å². The van der Waals surface area contributed by atoms with Gasteiger partial charge in [0.1, 0.15) is 84.6 Å². The van der Waals surface area contributed by atoms with Gasteiger partial charge in [0.05, 0.1) is 12.2 Å². The lowest BCUT2D eigenvalue weighted by atomic mass is 9.96. The van der Waals surface area contributed by atoms with Gasteiger partial charge in [-0.3, -0.25) is 67.1 Å². The van der Waals surface area contributed by atoms with Gasteiger partial charge in [-0.1, -0.05) is 56.7 Å². The molecule has 3 saturated heterocycles. The first-order valence-corrected chi connectivity index (χ1v) is 39.3. The molecule has 3 aliphatic heterocycles. The number of H-pyrrole nitrogens is 2. The Kier molecular flexibility index (Phi) is 33.5. The Bertz CT molecular complexity index is 4110. The Morgan fingerprint density at radius 2 is 0.687 bits per heavy atom. The van der Waals surface area contributed by atoms with E-state index in [1.165, 1.54) is 58.3 Å². The first-order chi connectivity index (χ1) is 54.3. The molecule has 2 aromatic carbocycles. The number of unbranched alkanes of at least 4 members (excludes halogenated alkanes) is 1. The minimum atomic E-state index is -1.89. The van der Waals surface area contributed by atoms with Crippen LogP contribution in [0.1, 0.15) is 132 Å². The Morgan fingerprint density at radius 1 is 0.374 bits per heavy atom. The molecule has 115 heavy (non-hydrogen) atoms. The number of fused-ring (bicyclic) bond motifs is 4. The topological polar surface area (TPSA) is 644 Å². The van der Waals surface area contributed by atoms with E-state index in [4.69, 9.17) is 40.1 Å². The van der Waals surface area contributed by atoms with Crippen molar-refractivity contribution in [1.82, 2.24) is 83.6 Å². The van der Waals surface area contributed by atoms with Crippen LogP contribution >= 0.6 is 0 Å².